The molecule has 0 fully saturated rings. The average molecular weight is 339 g/mol. The van der Waals surface area contributed by atoms with Crippen molar-refractivity contribution in [2.45, 2.75) is 25.9 Å². The Balaban J connectivity index is 2.23. The third kappa shape index (κ3) is 4.83. The molecule has 2 aromatic carbocycles. The monoisotopic (exact) mass is 338 g/mol. The molecule has 0 spiro atoms. The molecule has 0 radical (unpaired) electrons. The molecule has 2 rings (SSSR count). The molecule has 2 aromatic rings. The lowest BCUT2D eigenvalue weighted by atomic mass is 10.0. The van der Waals surface area contributed by atoms with Crippen molar-refractivity contribution in [1.29, 1.82) is 0 Å². The highest BCUT2D eigenvalue weighted by Crippen LogP contribution is 2.28. The Hall–Kier alpha value is -1.36. The summed E-state index contributed by atoms with van der Waals surface area (Å²) in [7, 11) is -3.48. The summed E-state index contributed by atoms with van der Waals surface area (Å²) in [6.45, 7) is 2.00. The molecule has 0 bridgehead atoms. The third-order valence-electron chi connectivity index (χ3n) is 3.30. The van der Waals surface area contributed by atoms with E-state index >= 15 is 0 Å². The third-order valence-corrected chi connectivity index (χ3v) is 4.14. The Morgan fingerprint density at radius 2 is 1.50 bits per heavy atom. The van der Waals surface area contributed by atoms with Crippen molar-refractivity contribution >= 4 is 21.7 Å². The molecule has 5 heteroatoms. The number of hydrogen-bond acceptors (Lipinski definition) is 3. The van der Waals surface area contributed by atoms with Crippen molar-refractivity contribution in [2.24, 2.45) is 0 Å². The van der Waals surface area contributed by atoms with Gasteiger partial charge in [-0.3, -0.25) is 4.18 Å². The Kier molecular flexibility index (Phi) is 5.62. The lowest BCUT2D eigenvalue weighted by Crippen LogP contribution is -2.10. The zero-order valence-electron chi connectivity index (χ0n) is 12.6. The summed E-state index contributed by atoms with van der Waals surface area (Å²) in [4.78, 5) is 0. The minimum absolute atomic E-state index is 0.431. The Labute approximate surface area is 137 Å². The second-order valence-electron chi connectivity index (χ2n) is 5.21. The van der Waals surface area contributed by atoms with Gasteiger partial charge in [0.25, 0.3) is 10.1 Å². The van der Waals surface area contributed by atoms with Gasteiger partial charge in [-0.1, -0.05) is 61.3 Å². The summed E-state index contributed by atoms with van der Waals surface area (Å²) in [5.74, 6) is 0. The molecule has 0 aliphatic heterocycles. The van der Waals surface area contributed by atoms with Crippen LogP contribution in [0.15, 0.2) is 48.5 Å². The van der Waals surface area contributed by atoms with Crippen molar-refractivity contribution in [2.75, 3.05) is 6.26 Å². The second-order valence-corrected chi connectivity index (χ2v) is 7.24. The number of halogens is 1. The maximum atomic E-state index is 11.4. The fourth-order valence-corrected chi connectivity index (χ4v) is 3.03. The lowest BCUT2D eigenvalue weighted by molar-refractivity contribution is 0.204. The summed E-state index contributed by atoms with van der Waals surface area (Å²) in [6, 6.07) is 15.3. The van der Waals surface area contributed by atoms with E-state index in [1.54, 1.807) is 0 Å². The fourth-order valence-electron chi connectivity index (χ4n) is 2.28. The van der Waals surface area contributed by atoms with Crippen LogP contribution in [0.25, 0.3) is 11.1 Å². The normalized spacial score (nSPS) is 13.0. The van der Waals surface area contributed by atoms with Crippen LogP contribution in [0.1, 0.15) is 31.4 Å². The van der Waals surface area contributed by atoms with Gasteiger partial charge in [0.2, 0.25) is 0 Å². The summed E-state index contributed by atoms with van der Waals surface area (Å²) < 4.78 is 27.9. The average Bonchev–Trinajstić information content (AvgIpc) is 2.46. The highest BCUT2D eigenvalue weighted by molar-refractivity contribution is 7.86. The van der Waals surface area contributed by atoms with Crippen LogP contribution in [0.5, 0.6) is 0 Å². The van der Waals surface area contributed by atoms with E-state index in [9.17, 15) is 8.42 Å². The first-order chi connectivity index (χ1) is 10.4. The van der Waals surface area contributed by atoms with Gasteiger partial charge in [-0.25, -0.2) is 0 Å². The van der Waals surface area contributed by atoms with E-state index < -0.39 is 16.2 Å². The van der Waals surface area contributed by atoms with Gasteiger partial charge in [-0.05, 0) is 35.2 Å². The molecule has 0 saturated carbocycles. The van der Waals surface area contributed by atoms with Crippen molar-refractivity contribution in [3.63, 3.8) is 0 Å². The summed E-state index contributed by atoms with van der Waals surface area (Å²) in [5.41, 5.74) is 2.98. The maximum absolute atomic E-state index is 11.4. The van der Waals surface area contributed by atoms with Gasteiger partial charge in [0.15, 0.2) is 0 Å². The minimum atomic E-state index is -3.48. The van der Waals surface area contributed by atoms with Gasteiger partial charge in [0.05, 0.1) is 6.26 Å². The van der Waals surface area contributed by atoms with Gasteiger partial charge >= 0.3 is 0 Å². The second kappa shape index (κ2) is 7.27. The van der Waals surface area contributed by atoms with E-state index in [-0.39, 0.29) is 0 Å². The van der Waals surface area contributed by atoms with E-state index in [1.807, 2.05) is 55.5 Å². The van der Waals surface area contributed by atoms with Crippen LogP contribution in [0.4, 0.5) is 0 Å². The van der Waals surface area contributed by atoms with E-state index in [2.05, 4.69) is 0 Å². The predicted molar refractivity (Wildman–Crippen MR) is 90.5 cm³/mol. The molecule has 0 aliphatic carbocycles. The summed E-state index contributed by atoms with van der Waals surface area (Å²) in [6.07, 6.45) is 2.16. The van der Waals surface area contributed by atoms with Crippen LogP contribution in [-0.4, -0.2) is 14.7 Å². The van der Waals surface area contributed by atoms with Crippen molar-refractivity contribution in [1.82, 2.24) is 0 Å². The van der Waals surface area contributed by atoms with Crippen molar-refractivity contribution in [3.05, 3.63) is 59.1 Å². The zero-order chi connectivity index (χ0) is 16.2. The molecular formula is C17H19ClO3S. The summed E-state index contributed by atoms with van der Waals surface area (Å²) >= 11 is 5.89. The van der Waals surface area contributed by atoms with E-state index in [1.165, 1.54) is 0 Å². The zero-order valence-corrected chi connectivity index (χ0v) is 14.2. The van der Waals surface area contributed by atoms with Gasteiger partial charge in [-0.2, -0.15) is 8.42 Å². The highest BCUT2D eigenvalue weighted by Gasteiger charge is 2.17. The molecule has 0 aromatic heterocycles. The first-order valence-corrected chi connectivity index (χ1v) is 9.32. The van der Waals surface area contributed by atoms with E-state index in [0.29, 0.717) is 11.4 Å². The SMILES string of the molecule is CCCC(OS(C)(=O)=O)c1ccc(-c2ccc(Cl)cc2)cc1. The van der Waals surface area contributed by atoms with E-state index in [4.69, 9.17) is 15.8 Å². The van der Waals surface area contributed by atoms with Crippen LogP contribution < -0.4 is 0 Å². The molecule has 1 atom stereocenters. The quantitative estimate of drug-likeness (QED) is 0.709. The number of hydrogen-bond donors (Lipinski definition) is 0. The van der Waals surface area contributed by atoms with Crippen molar-refractivity contribution < 1.29 is 12.6 Å². The number of rotatable bonds is 6. The van der Waals surface area contributed by atoms with Gasteiger partial charge < -0.3 is 0 Å². The minimum Gasteiger partial charge on any atom is -0.262 e. The predicted octanol–water partition coefficient (Wildman–Crippen LogP) is 4.82. The smallest absolute Gasteiger partial charge is 0.262 e. The first kappa shape index (κ1) is 17.0. The Morgan fingerprint density at radius 1 is 1.00 bits per heavy atom. The standard InChI is InChI=1S/C17H19ClO3S/c1-3-4-17(21-22(2,19)20)15-7-5-13(6-8-15)14-9-11-16(18)12-10-14/h5-12,17H,3-4H2,1-2H3. The molecule has 118 valence electrons. The molecular weight excluding hydrogens is 320 g/mol. The van der Waals surface area contributed by atoms with Crippen LogP contribution in [0.2, 0.25) is 5.02 Å². The first-order valence-electron chi connectivity index (χ1n) is 7.13. The van der Waals surface area contributed by atoms with E-state index in [0.717, 1.165) is 29.4 Å². The number of benzene rings is 2. The van der Waals surface area contributed by atoms with Crippen LogP contribution in [0, 0.1) is 0 Å². The van der Waals surface area contributed by atoms with Gasteiger partial charge in [0, 0.05) is 5.02 Å². The molecule has 0 saturated heterocycles. The van der Waals surface area contributed by atoms with Crippen molar-refractivity contribution in [3.8, 4) is 11.1 Å². The molecule has 0 heterocycles. The molecule has 1 unspecified atom stereocenters. The Bertz CT molecular complexity index is 707. The van der Waals surface area contributed by atoms with Crippen LogP contribution in [-0.2, 0) is 14.3 Å². The van der Waals surface area contributed by atoms with Crippen LogP contribution in [0.3, 0.4) is 0 Å². The molecule has 0 aliphatic rings. The highest BCUT2D eigenvalue weighted by atomic mass is 35.5. The maximum Gasteiger partial charge on any atom is 0.264 e. The Morgan fingerprint density at radius 3 is 1.95 bits per heavy atom. The largest absolute Gasteiger partial charge is 0.264 e. The summed E-state index contributed by atoms with van der Waals surface area (Å²) in [5, 5.41) is 0.699. The van der Waals surface area contributed by atoms with Gasteiger partial charge in [-0.15, -0.1) is 0 Å². The fraction of sp³-hybridized carbons (Fsp3) is 0.294. The molecule has 22 heavy (non-hydrogen) atoms. The molecule has 0 amide bonds. The van der Waals surface area contributed by atoms with Crippen LogP contribution >= 0.6 is 11.6 Å². The molecule has 0 N–H and O–H groups in total. The van der Waals surface area contributed by atoms with Gasteiger partial charge in [0.1, 0.15) is 6.10 Å². The molecule has 3 nitrogen and oxygen atoms in total. The topological polar surface area (TPSA) is 43.4 Å². The lowest BCUT2D eigenvalue weighted by Gasteiger charge is -2.16.